The van der Waals surface area contributed by atoms with Crippen LogP contribution in [0.5, 0.6) is 5.75 Å². The monoisotopic (exact) mass is 291 g/mol. The zero-order valence-electron chi connectivity index (χ0n) is 12.4. The van der Waals surface area contributed by atoms with Crippen molar-refractivity contribution in [3.63, 3.8) is 0 Å². The largest absolute Gasteiger partial charge is 0.484 e. The minimum absolute atomic E-state index is 0.0592. The minimum Gasteiger partial charge on any atom is -0.484 e. The van der Waals surface area contributed by atoms with Crippen LogP contribution in [-0.2, 0) is 0 Å². The number of fused-ring (bicyclic) bond motifs is 1. The van der Waals surface area contributed by atoms with E-state index in [-0.39, 0.29) is 23.7 Å². The average molecular weight is 291 g/mol. The zero-order valence-corrected chi connectivity index (χ0v) is 12.4. The smallest absolute Gasteiger partial charge is 0.174 e. The molecular formula is C19H17NO2. The zero-order chi connectivity index (χ0) is 15.5. The molecule has 0 fully saturated rings. The van der Waals surface area contributed by atoms with Gasteiger partial charge in [0.15, 0.2) is 5.78 Å². The van der Waals surface area contributed by atoms with Gasteiger partial charge in [0.2, 0.25) is 0 Å². The van der Waals surface area contributed by atoms with Crippen molar-refractivity contribution in [1.82, 2.24) is 0 Å². The van der Waals surface area contributed by atoms with Gasteiger partial charge in [-0.15, -0.1) is 0 Å². The number of ketones is 1. The highest BCUT2D eigenvalue weighted by molar-refractivity contribution is 6.01. The van der Waals surface area contributed by atoms with Crippen molar-refractivity contribution < 1.29 is 9.53 Å². The predicted octanol–water partition coefficient (Wildman–Crippen LogP) is 4.17. The van der Waals surface area contributed by atoms with Crippen LogP contribution >= 0.6 is 0 Å². The van der Waals surface area contributed by atoms with Gasteiger partial charge >= 0.3 is 0 Å². The molecule has 0 saturated heterocycles. The molecule has 1 heterocycles. The van der Waals surface area contributed by atoms with Crippen molar-refractivity contribution in [2.24, 2.45) is 11.8 Å². The molecule has 0 saturated carbocycles. The number of Topliss-reactive ketones (excluding diaryl/α,β-unsaturated/α-hetero) is 1. The summed E-state index contributed by atoms with van der Waals surface area (Å²) in [5, 5.41) is 9.00. The van der Waals surface area contributed by atoms with E-state index in [0.717, 1.165) is 5.56 Å². The first-order valence-corrected chi connectivity index (χ1v) is 7.44. The van der Waals surface area contributed by atoms with Gasteiger partial charge in [0.1, 0.15) is 11.9 Å². The number of ether oxygens (including phenoxy) is 1. The molecule has 110 valence electrons. The third-order valence-corrected chi connectivity index (χ3v) is 4.19. The van der Waals surface area contributed by atoms with Gasteiger partial charge in [0.05, 0.1) is 17.6 Å². The SMILES string of the molecule is CC(CC#N)C1C(=O)c2ccccc2OC1c1ccccc1. The second-order valence-corrected chi connectivity index (χ2v) is 5.67. The maximum atomic E-state index is 12.9. The number of hydrogen-bond donors (Lipinski definition) is 0. The molecule has 0 radical (unpaired) electrons. The van der Waals surface area contributed by atoms with E-state index in [1.807, 2.05) is 55.5 Å². The van der Waals surface area contributed by atoms with E-state index in [2.05, 4.69) is 6.07 Å². The van der Waals surface area contributed by atoms with Gasteiger partial charge in [0, 0.05) is 6.42 Å². The number of hydrogen-bond acceptors (Lipinski definition) is 3. The number of carbonyl (C=O) groups excluding carboxylic acids is 1. The molecule has 3 heteroatoms. The van der Waals surface area contributed by atoms with Gasteiger partial charge in [-0.3, -0.25) is 4.79 Å². The van der Waals surface area contributed by atoms with Crippen molar-refractivity contribution in [1.29, 1.82) is 5.26 Å². The molecule has 2 aromatic rings. The molecule has 22 heavy (non-hydrogen) atoms. The highest BCUT2D eigenvalue weighted by Gasteiger charge is 2.40. The summed E-state index contributed by atoms with van der Waals surface area (Å²) < 4.78 is 6.14. The second-order valence-electron chi connectivity index (χ2n) is 5.67. The van der Waals surface area contributed by atoms with Crippen molar-refractivity contribution in [2.45, 2.75) is 19.4 Å². The third-order valence-electron chi connectivity index (χ3n) is 4.19. The molecule has 0 spiro atoms. The minimum atomic E-state index is -0.341. The van der Waals surface area contributed by atoms with Crippen LogP contribution in [0.25, 0.3) is 0 Å². The van der Waals surface area contributed by atoms with Crippen LogP contribution in [0.3, 0.4) is 0 Å². The summed E-state index contributed by atoms with van der Waals surface area (Å²) in [4.78, 5) is 12.9. The van der Waals surface area contributed by atoms with Gasteiger partial charge < -0.3 is 4.74 Å². The first-order chi connectivity index (χ1) is 10.7. The van der Waals surface area contributed by atoms with Crippen LogP contribution in [0.1, 0.15) is 35.4 Å². The van der Waals surface area contributed by atoms with Crippen LogP contribution in [0.4, 0.5) is 0 Å². The first-order valence-electron chi connectivity index (χ1n) is 7.44. The molecule has 3 rings (SSSR count). The number of para-hydroxylation sites is 1. The van der Waals surface area contributed by atoms with E-state index in [1.54, 1.807) is 6.07 Å². The Morgan fingerprint density at radius 2 is 1.82 bits per heavy atom. The molecule has 0 bridgehead atoms. The average Bonchev–Trinajstić information content (AvgIpc) is 2.55. The Bertz CT molecular complexity index is 718. The highest BCUT2D eigenvalue weighted by Crippen LogP contribution is 2.42. The summed E-state index contributed by atoms with van der Waals surface area (Å²) in [5.41, 5.74) is 1.59. The van der Waals surface area contributed by atoms with Gasteiger partial charge in [-0.2, -0.15) is 5.26 Å². The summed E-state index contributed by atoms with van der Waals surface area (Å²) >= 11 is 0. The van der Waals surface area contributed by atoms with Crippen LogP contribution in [0.15, 0.2) is 54.6 Å². The second kappa shape index (κ2) is 6.03. The molecule has 3 nitrogen and oxygen atoms in total. The number of benzene rings is 2. The van der Waals surface area contributed by atoms with E-state index < -0.39 is 0 Å². The summed E-state index contributed by atoms with van der Waals surface area (Å²) in [6.45, 7) is 1.94. The number of nitrogens with zero attached hydrogens (tertiary/aromatic N) is 1. The fraction of sp³-hybridized carbons (Fsp3) is 0.263. The predicted molar refractivity (Wildman–Crippen MR) is 83.5 cm³/mol. The lowest BCUT2D eigenvalue weighted by atomic mass is 9.77. The fourth-order valence-corrected chi connectivity index (χ4v) is 3.05. The van der Waals surface area contributed by atoms with Gasteiger partial charge in [0.25, 0.3) is 0 Å². The Morgan fingerprint density at radius 1 is 1.14 bits per heavy atom. The summed E-state index contributed by atoms with van der Waals surface area (Å²) in [5.74, 6) is 0.299. The quantitative estimate of drug-likeness (QED) is 0.852. The van der Waals surface area contributed by atoms with E-state index in [4.69, 9.17) is 10.00 Å². The van der Waals surface area contributed by atoms with Gasteiger partial charge in [-0.1, -0.05) is 49.4 Å². The fourth-order valence-electron chi connectivity index (χ4n) is 3.05. The van der Waals surface area contributed by atoms with E-state index in [0.29, 0.717) is 17.7 Å². The lowest BCUT2D eigenvalue weighted by molar-refractivity contribution is 0.0534. The Balaban J connectivity index is 2.06. The third kappa shape index (κ3) is 2.48. The Morgan fingerprint density at radius 3 is 2.55 bits per heavy atom. The standard InChI is InChI=1S/C19H17NO2/c1-13(11-12-20)17-18(21)15-9-5-6-10-16(15)22-19(17)14-7-3-2-4-8-14/h2-10,13,17,19H,11H2,1H3. The number of rotatable bonds is 3. The lowest BCUT2D eigenvalue weighted by Crippen LogP contribution is -2.35. The molecule has 3 unspecified atom stereocenters. The maximum Gasteiger partial charge on any atom is 0.174 e. The highest BCUT2D eigenvalue weighted by atomic mass is 16.5. The normalized spacial score (nSPS) is 21.4. The Labute approximate surface area is 130 Å². The van der Waals surface area contributed by atoms with E-state index in [1.165, 1.54) is 0 Å². The molecule has 0 aliphatic carbocycles. The number of nitriles is 1. The molecule has 0 N–H and O–H groups in total. The Kier molecular flexibility index (Phi) is 3.93. The van der Waals surface area contributed by atoms with Gasteiger partial charge in [-0.25, -0.2) is 0 Å². The molecule has 0 amide bonds. The first kappa shape index (κ1) is 14.3. The summed E-state index contributed by atoms with van der Waals surface area (Å²) in [7, 11) is 0. The van der Waals surface area contributed by atoms with Crippen LogP contribution in [0, 0.1) is 23.2 Å². The van der Waals surface area contributed by atoms with Crippen molar-refractivity contribution >= 4 is 5.78 Å². The summed E-state index contributed by atoms with van der Waals surface area (Å²) in [6, 6.07) is 19.3. The number of carbonyl (C=O) groups is 1. The van der Waals surface area contributed by atoms with E-state index >= 15 is 0 Å². The molecule has 1 aliphatic rings. The van der Waals surface area contributed by atoms with E-state index in [9.17, 15) is 4.79 Å². The molecule has 2 aromatic carbocycles. The molecule has 0 aromatic heterocycles. The topological polar surface area (TPSA) is 50.1 Å². The van der Waals surface area contributed by atoms with Crippen LogP contribution < -0.4 is 4.74 Å². The lowest BCUT2D eigenvalue weighted by Gasteiger charge is -2.35. The van der Waals surface area contributed by atoms with Crippen LogP contribution in [0.2, 0.25) is 0 Å². The van der Waals surface area contributed by atoms with Gasteiger partial charge in [-0.05, 0) is 23.6 Å². The molecule has 1 aliphatic heterocycles. The Hall–Kier alpha value is -2.60. The summed E-state index contributed by atoms with van der Waals surface area (Å²) in [6.07, 6.45) is -0.00223. The molecule has 3 atom stereocenters. The molecular weight excluding hydrogens is 274 g/mol. The van der Waals surface area contributed by atoms with Crippen molar-refractivity contribution in [2.75, 3.05) is 0 Å². The van der Waals surface area contributed by atoms with Crippen molar-refractivity contribution in [3.05, 3.63) is 65.7 Å². The maximum absolute atomic E-state index is 12.9. The van der Waals surface area contributed by atoms with Crippen LogP contribution in [-0.4, -0.2) is 5.78 Å². The van der Waals surface area contributed by atoms with Crippen molar-refractivity contribution in [3.8, 4) is 11.8 Å².